The number of ether oxygens (including phenoxy) is 1. The van der Waals surface area contributed by atoms with Crippen LogP contribution in [0.15, 0.2) is 59.6 Å². The quantitative estimate of drug-likeness (QED) is 0.338. The van der Waals surface area contributed by atoms with Gasteiger partial charge < -0.3 is 20.1 Å². The van der Waals surface area contributed by atoms with Gasteiger partial charge in [0.2, 0.25) is 0 Å². The van der Waals surface area contributed by atoms with Crippen molar-refractivity contribution in [3.8, 4) is 11.4 Å². The Kier molecular flexibility index (Phi) is 7.98. The first-order valence-corrected chi connectivity index (χ1v) is 14.9. The van der Waals surface area contributed by atoms with Crippen LogP contribution in [0.1, 0.15) is 35.5 Å². The van der Waals surface area contributed by atoms with Gasteiger partial charge in [0.1, 0.15) is 11.6 Å². The third-order valence-electron chi connectivity index (χ3n) is 6.68. The van der Waals surface area contributed by atoms with Crippen molar-refractivity contribution < 1.29 is 27.4 Å². The second kappa shape index (κ2) is 11.5. The summed E-state index contributed by atoms with van der Waals surface area (Å²) in [6.07, 6.45) is 2.66. The first-order chi connectivity index (χ1) is 19.5. The molecule has 4 heterocycles. The van der Waals surface area contributed by atoms with Gasteiger partial charge in [-0.2, -0.15) is 0 Å². The number of rotatable bonds is 7. The summed E-state index contributed by atoms with van der Waals surface area (Å²) >= 11 is 0. The van der Waals surface area contributed by atoms with Gasteiger partial charge in [-0.15, -0.1) is 0 Å². The van der Waals surface area contributed by atoms with Crippen molar-refractivity contribution >= 4 is 32.5 Å². The van der Waals surface area contributed by atoms with Crippen LogP contribution in [0.25, 0.3) is 22.3 Å². The van der Waals surface area contributed by atoms with E-state index in [1.54, 1.807) is 18.3 Å². The molecule has 2 N–H and O–H groups in total. The monoisotopic (exact) mass is 579 g/mol. The topological polar surface area (TPSA) is 135 Å². The minimum Gasteiger partial charge on any atom is -0.392 e. The van der Waals surface area contributed by atoms with Crippen LogP contribution in [0.5, 0.6) is 0 Å². The number of halogens is 1. The zero-order valence-corrected chi connectivity index (χ0v) is 23.7. The highest BCUT2D eigenvalue weighted by atomic mass is 32.2. The van der Waals surface area contributed by atoms with E-state index < -0.39 is 28.2 Å². The van der Waals surface area contributed by atoms with Gasteiger partial charge in [-0.3, -0.25) is 9.78 Å². The van der Waals surface area contributed by atoms with Crippen molar-refractivity contribution in [3.05, 3.63) is 77.4 Å². The highest BCUT2D eigenvalue weighted by molar-refractivity contribution is 7.90. The number of aromatic nitrogens is 3. The van der Waals surface area contributed by atoms with Gasteiger partial charge in [-0.05, 0) is 55.8 Å². The Labute approximate surface area is 237 Å². The van der Waals surface area contributed by atoms with E-state index in [1.807, 2.05) is 24.8 Å². The van der Waals surface area contributed by atoms with E-state index in [0.29, 0.717) is 47.1 Å². The number of nitrogens with one attached hydrogen (secondary N) is 1. The molecular weight excluding hydrogens is 549 g/mol. The first kappa shape index (κ1) is 28.5. The summed E-state index contributed by atoms with van der Waals surface area (Å²) in [7, 11) is -3.58. The highest BCUT2D eigenvalue weighted by Crippen LogP contribution is 2.26. The molecule has 5 rings (SSSR count). The second-order valence-electron chi connectivity index (χ2n) is 10.2. The van der Waals surface area contributed by atoms with Crippen molar-refractivity contribution in [1.82, 2.24) is 20.3 Å². The number of aliphatic hydroxyl groups is 1. The molecule has 0 spiro atoms. The van der Waals surface area contributed by atoms with Crippen molar-refractivity contribution in [2.75, 3.05) is 24.2 Å². The van der Waals surface area contributed by atoms with Gasteiger partial charge >= 0.3 is 0 Å². The fraction of sp³-hybridized carbons (Fsp3) is 0.310. The summed E-state index contributed by atoms with van der Waals surface area (Å²) in [4.78, 5) is 28.5. The maximum Gasteiger partial charge on any atom is 0.251 e. The van der Waals surface area contributed by atoms with E-state index in [9.17, 15) is 22.7 Å². The third kappa shape index (κ3) is 6.67. The van der Waals surface area contributed by atoms with Gasteiger partial charge in [-0.1, -0.05) is 0 Å². The Bertz CT molecular complexity index is 1720. The normalized spacial score (nSPS) is 17.5. The van der Waals surface area contributed by atoms with Crippen molar-refractivity contribution in [2.45, 2.75) is 44.1 Å². The Balaban J connectivity index is 1.37. The van der Waals surface area contributed by atoms with Gasteiger partial charge in [0, 0.05) is 48.6 Å². The van der Waals surface area contributed by atoms with E-state index >= 15 is 0 Å². The molecule has 1 aromatic carbocycles. The van der Waals surface area contributed by atoms with Crippen molar-refractivity contribution in [2.24, 2.45) is 0 Å². The Morgan fingerprint density at radius 3 is 2.54 bits per heavy atom. The molecule has 1 saturated heterocycles. The molecule has 1 aliphatic heterocycles. The number of fused-ring (bicyclic) bond motifs is 1. The van der Waals surface area contributed by atoms with Gasteiger partial charge in [0.25, 0.3) is 5.91 Å². The zero-order valence-electron chi connectivity index (χ0n) is 22.8. The number of anilines is 1. The summed E-state index contributed by atoms with van der Waals surface area (Å²) in [5.41, 5.74) is 2.40. The molecule has 0 unspecified atom stereocenters. The van der Waals surface area contributed by atoms with E-state index in [-0.39, 0.29) is 29.2 Å². The average Bonchev–Trinajstić information content (AvgIpc) is 2.93. The SMILES string of the molecule is C[C@@H]1CN(c2cc(F)cc(-c3ccc4cnc(CNC(=O)c5cc(CO)cc(S(C)(=O)=O)c5)cc4n3)n2)C[C@H](C)O1. The zero-order chi connectivity index (χ0) is 29.3. The number of carbonyl (C=O) groups is 1. The molecule has 1 amide bonds. The minimum absolute atomic E-state index is 0.00201. The fourth-order valence-electron chi connectivity index (χ4n) is 4.81. The molecule has 2 atom stereocenters. The predicted molar refractivity (Wildman–Crippen MR) is 152 cm³/mol. The summed E-state index contributed by atoms with van der Waals surface area (Å²) in [5, 5.41) is 13.0. The molecular formula is C29H30FN5O5S. The molecule has 12 heteroatoms. The van der Waals surface area contributed by atoms with E-state index in [2.05, 4.69) is 10.3 Å². The smallest absolute Gasteiger partial charge is 0.251 e. The van der Waals surface area contributed by atoms with Gasteiger partial charge in [0.05, 0.1) is 52.9 Å². The largest absolute Gasteiger partial charge is 0.392 e. The van der Waals surface area contributed by atoms with Crippen LogP contribution >= 0.6 is 0 Å². The van der Waals surface area contributed by atoms with E-state index in [0.717, 1.165) is 11.6 Å². The van der Waals surface area contributed by atoms with Crippen LogP contribution in [0, 0.1) is 5.82 Å². The average molecular weight is 580 g/mol. The maximum atomic E-state index is 14.7. The van der Waals surface area contributed by atoms with Crippen LogP contribution in [0.3, 0.4) is 0 Å². The van der Waals surface area contributed by atoms with E-state index in [4.69, 9.17) is 14.7 Å². The Morgan fingerprint density at radius 1 is 1.07 bits per heavy atom. The molecule has 0 radical (unpaired) electrons. The number of pyridine rings is 3. The summed E-state index contributed by atoms with van der Waals surface area (Å²) in [6, 6.07) is 12.1. The molecule has 3 aromatic heterocycles. The molecule has 4 aromatic rings. The number of amides is 1. The lowest BCUT2D eigenvalue weighted by Gasteiger charge is -2.36. The molecule has 1 aliphatic rings. The lowest BCUT2D eigenvalue weighted by Crippen LogP contribution is -2.45. The summed E-state index contributed by atoms with van der Waals surface area (Å²) < 4.78 is 44.4. The molecule has 0 saturated carbocycles. The molecule has 0 aliphatic carbocycles. The number of hydrogen-bond acceptors (Lipinski definition) is 9. The van der Waals surface area contributed by atoms with Crippen molar-refractivity contribution in [3.63, 3.8) is 0 Å². The van der Waals surface area contributed by atoms with Crippen LogP contribution in [0.4, 0.5) is 10.2 Å². The summed E-state index contributed by atoms with van der Waals surface area (Å²) in [6.45, 7) is 4.80. The van der Waals surface area contributed by atoms with Gasteiger partial charge in [-0.25, -0.2) is 22.8 Å². The lowest BCUT2D eigenvalue weighted by atomic mass is 10.1. The number of sulfone groups is 1. The molecule has 41 heavy (non-hydrogen) atoms. The second-order valence-corrected chi connectivity index (χ2v) is 12.3. The standard InChI is InChI=1S/C29H30FN5O5S/c1-17-14-35(15-18(2)40-17)28-10-22(30)9-27(34-28)25-5-4-20-12-31-23(11-26(20)33-25)13-32-29(37)21-6-19(16-36)7-24(8-21)41(3,38)39/h4-12,17-18,36H,13-16H2,1-3H3,(H,32,37)/t17-,18+. The summed E-state index contributed by atoms with van der Waals surface area (Å²) in [5.74, 6) is -0.413. The number of hydrogen-bond donors (Lipinski definition) is 2. The molecule has 10 nitrogen and oxygen atoms in total. The minimum atomic E-state index is -3.58. The first-order valence-electron chi connectivity index (χ1n) is 13.1. The maximum absolute atomic E-state index is 14.7. The number of aliphatic hydroxyl groups excluding tert-OH is 1. The molecule has 214 valence electrons. The predicted octanol–water partition coefficient (Wildman–Crippen LogP) is 3.27. The number of nitrogens with zero attached hydrogens (tertiary/aromatic N) is 4. The van der Waals surface area contributed by atoms with Crippen LogP contribution in [-0.4, -0.2) is 65.9 Å². The highest BCUT2D eigenvalue weighted by Gasteiger charge is 2.24. The number of benzene rings is 1. The van der Waals surface area contributed by atoms with Gasteiger partial charge in [0.15, 0.2) is 9.84 Å². The fourth-order valence-corrected chi connectivity index (χ4v) is 5.52. The van der Waals surface area contributed by atoms with Crippen molar-refractivity contribution in [1.29, 1.82) is 0 Å². The van der Waals surface area contributed by atoms with Crippen LogP contribution < -0.4 is 10.2 Å². The number of carbonyl (C=O) groups excluding carboxylic acids is 1. The molecule has 0 bridgehead atoms. The van der Waals surface area contributed by atoms with Crippen LogP contribution in [-0.2, 0) is 27.7 Å². The van der Waals surface area contributed by atoms with E-state index in [1.165, 1.54) is 30.3 Å². The lowest BCUT2D eigenvalue weighted by molar-refractivity contribution is -0.00547. The number of morpholine rings is 1. The molecule has 1 fully saturated rings. The Morgan fingerprint density at radius 2 is 1.83 bits per heavy atom. The Hall–Kier alpha value is -4.00. The van der Waals surface area contributed by atoms with Crippen LogP contribution in [0.2, 0.25) is 0 Å². The third-order valence-corrected chi connectivity index (χ3v) is 7.77.